The first-order valence-corrected chi connectivity index (χ1v) is 6.81. The lowest BCUT2D eigenvalue weighted by molar-refractivity contribution is -0.122. The summed E-state index contributed by atoms with van der Waals surface area (Å²) in [5.74, 6) is -0.241. The van der Waals surface area contributed by atoms with Crippen LogP contribution in [0.15, 0.2) is 22.8 Å². The molecule has 2 unspecified atom stereocenters. The molecule has 2 amide bonds. The summed E-state index contributed by atoms with van der Waals surface area (Å²) in [6.07, 6.45) is 2.94. The van der Waals surface area contributed by atoms with Crippen molar-refractivity contribution in [1.82, 2.24) is 10.6 Å². The van der Waals surface area contributed by atoms with Crippen molar-refractivity contribution in [3.05, 3.63) is 24.2 Å². The van der Waals surface area contributed by atoms with Crippen LogP contribution >= 0.6 is 0 Å². The molecule has 0 fully saturated rings. The lowest BCUT2D eigenvalue weighted by atomic mass is 10.0. The minimum Gasteiger partial charge on any atom is -0.459 e. The highest BCUT2D eigenvalue weighted by Gasteiger charge is 2.18. The van der Waals surface area contributed by atoms with Gasteiger partial charge in [0.05, 0.1) is 6.26 Å². The fraction of sp³-hybridized carbons (Fsp3) is 0.571. The Balaban J connectivity index is 2.37. The summed E-state index contributed by atoms with van der Waals surface area (Å²) in [6, 6.07) is 2.51. The van der Waals surface area contributed by atoms with E-state index in [1.54, 1.807) is 13.0 Å². The molecule has 1 aromatic heterocycles. The highest BCUT2D eigenvalue weighted by Crippen LogP contribution is 2.05. The largest absolute Gasteiger partial charge is 0.459 e. The first kappa shape index (κ1) is 16.2. The molecule has 0 bridgehead atoms. The van der Waals surface area contributed by atoms with E-state index < -0.39 is 11.9 Å². The molecule has 1 aromatic rings. The summed E-state index contributed by atoms with van der Waals surface area (Å²) < 4.78 is 4.95. The van der Waals surface area contributed by atoms with Gasteiger partial charge in [-0.15, -0.1) is 0 Å². The molecule has 6 heteroatoms. The Morgan fingerprint density at radius 2 is 2.20 bits per heavy atom. The molecule has 0 aromatic carbocycles. The van der Waals surface area contributed by atoms with Gasteiger partial charge in [-0.05, 0) is 31.4 Å². The second-order valence-electron chi connectivity index (χ2n) is 4.70. The maximum Gasteiger partial charge on any atom is 0.287 e. The first-order valence-electron chi connectivity index (χ1n) is 6.81. The number of rotatable bonds is 8. The molecule has 0 aliphatic carbocycles. The third-order valence-corrected chi connectivity index (χ3v) is 3.17. The Labute approximate surface area is 118 Å². The zero-order valence-corrected chi connectivity index (χ0v) is 11.9. The van der Waals surface area contributed by atoms with E-state index in [1.807, 2.05) is 6.92 Å². The molecule has 2 atom stereocenters. The molecule has 0 spiro atoms. The standard InChI is InChI=1S/C14H22N2O4/c1-3-11(6-7-17)9-15-13(18)10(2)16-14(19)12-5-4-8-20-12/h4-5,8,10-11,17H,3,6-7,9H2,1-2H3,(H,15,18)(H,16,19). The van der Waals surface area contributed by atoms with Crippen molar-refractivity contribution in [2.75, 3.05) is 13.2 Å². The van der Waals surface area contributed by atoms with Crippen molar-refractivity contribution in [1.29, 1.82) is 0 Å². The Morgan fingerprint density at radius 1 is 1.45 bits per heavy atom. The summed E-state index contributed by atoms with van der Waals surface area (Å²) in [7, 11) is 0. The van der Waals surface area contributed by atoms with Gasteiger partial charge in [0.2, 0.25) is 5.91 Å². The second kappa shape index (κ2) is 8.37. The number of hydrogen-bond acceptors (Lipinski definition) is 4. The van der Waals surface area contributed by atoms with Crippen LogP contribution in [0.2, 0.25) is 0 Å². The summed E-state index contributed by atoms with van der Waals surface area (Å²) in [4.78, 5) is 23.6. The smallest absolute Gasteiger partial charge is 0.287 e. The van der Waals surface area contributed by atoms with Crippen molar-refractivity contribution in [2.45, 2.75) is 32.7 Å². The van der Waals surface area contributed by atoms with Crippen LogP contribution in [0, 0.1) is 5.92 Å². The average Bonchev–Trinajstić information content (AvgIpc) is 2.97. The zero-order chi connectivity index (χ0) is 15.0. The van der Waals surface area contributed by atoms with Crippen molar-refractivity contribution in [3.63, 3.8) is 0 Å². The van der Waals surface area contributed by atoms with E-state index in [2.05, 4.69) is 10.6 Å². The maximum atomic E-state index is 11.9. The average molecular weight is 282 g/mol. The molecule has 3 N–H and O–H groups in total. The number of carbonyl (C=O) groups excluding carboxylic acids is 2. The zero-order valence-electron chi connectivity index (χ0n) is 11.9. The van der Waals surface area contributed by atoms with Crippen LogP contribution in [0.3, 0.4) is 0 Å². The van der Waals surface area contributed by atoms with Gasteiger partial charge in [-0.3, -0.25) is 9.59 Å². The van der Waals surface area contributed by atoms with Gasteiger partial charge in [0.15, 0.2) is 5.76 Å². The van der Waals surface area contributed by atoms with Gasteiger partial charge >= 0.3 is 0 Å². The number of aliphatic hydroxyl groups excluding tert-OH is 1. The molecule has 20 heavy (non-hydrogen) atoms. The predicted molar refractivity (Wildman–Crippen MR) is 74.1 cm³/mol. The van der Waals surface area contributed by atoms with Gasteiger partial charge in [0, 0.05) is 13.2 Å². The van der Waals surface area contributed by atoms with E-state index in [0.29, 0.717) is 13.0 Å². The minimum atomic E-state index is -0.640. The molecular weight excluding hydrogens is 260 g/mol. The number of aliphatic hydroxyl groups is 1. The van der Waals surface area contributed by atoms with Gasteiger partial charge < -0.3 is 20.2 Å². The molecule has 0 saturated carbocycles. The quantitative estimate of drug-likeness (QED) is 0.661. The van der Waals surface area contributed by atoms with Crippen molar-refractivity contribution in [2.24, 2.45) is 5.92 Å². The monoisotopic (exact) mass is 282 g/mol. The highest BCUT2D eigenvalue weighted by atomic mass is 16.3. The topological polar surface area (TPSA) is 91.6 Å². The van der Waals surface area contributed by atoms with Crippen molar-refractivity contribution >= 4 is 11.8 Å². The third-order valence-electron chi connectivity index (χ3n) is 3.17. The lowest BCUT2D eigenvalue weighted by Gasteiger charge is -2.17. The summed E-state index contributed by atoms with van der Waals surface area (Å²) >= 11 is 0. The summed E-state index contributed by atoms with van der Waals surface area (Å²) in [5.41, 5.74) is 0. The molecule has 112 valence electrons. The van der Waals surface area contributed by atoms with Crippen molar-refractivity contribution in [3.8, 4) is 0 Å². The molecule has 0 radical (unpaired) electrons. The Kier molecular flexibility index (Phi) is 6.79. The SMILES string of the molecule is CCC(CCO)CNC(=O)C(C)NC(=O)c1ccco1. The molecule has 6 nitrogen and oxygen atoms in total. The number of carbonyl (C=O) groups is 2. The van der Waals surface area contributed by atoms with Gasteiger partial charge in [-0.2, -0.15) is 0 Å². The molecule has 0 aliphatic rings. The van der Waals surface area contributed by atoms with Gasteiger partial charge in [-0.1, -0.05) is 13.3 Å². The first-order chi connectivity index (χ1) is 9.58. The van der Waals surface area contributed by atoms with Gasteiger partial charge in [0.25, 0.3) is 5.91 Å². The van der Waals surface area contributed by atoms with Crippen LogP contribution in [-0.4, -0.2) is 36.1 Å². The fourth-order valence-corrected chi connectivity index (χ4v) is 1.77. The molecule has 0 saturated heterocycles. The van der Waals surface area contributed by atoms with Gasteiger partial charge in [0.1, 0.15) is 6.04 Å². The summed E-state index contributed by atoms with van der Waals surface area (Å²) in [6.45, 7) is 4.23. The van der Waals surface area contributed by atoms with Gasteiger partial charge in [-0.25, -0.2) is 0 Å². The number of amides is 2. The predicted octanol–water partition coefficient (Wildman–Crippen LogP) is 0.923. The van der Waals surface area contributed by atoms with E-state index in [4.69, 9.17) is 9.52 Å². The van der Waals surface area contributed by atoms with Crippen LogP contribution in [0.25, 0.3) is 0 Å². The van der Waals surface area contributed by atoms with Crippen LogP contribution in [0.5, 0.6) is 0 Å². The van der Waals surface area contributed by atoms with E-state index >= 15 is 0 Å². The number of nitrogens with one attached hydrogen (secondary N) is 2. The second-order valence-corrected chi connectivity index (χ2v) is 4.70. The van der Waals surface area contributed by atoms with E-state index in [9.17, 15) is 9.59 Å². The van der Waals surface area contributed by atoms with E-state index in [-0.39, 0.29) is 24.2 Å². The highest BCUT2D eigenvalue weighted by molar-refractivity contribution is 5.95. The van der Waals surface area contributed by atoms with Crippen LogP contribution in [0.1, 0.15) is 37.2 Å². The van der Waals surface area contributed by atoms with Crippen LogP contribution in [-0.2, 0) is 4.79 Å². The lowest BCUT2D eigenvalue weighted by Crippen LogP contribution is -2.45. The third kappa shape index (κ3) is 5.05. The minimum absolute atomic E-state index is 0.110. The van der Waals surface area contributed by atoms with E-state index in [0.717, 1.165) is 6.42 Å². The molecule has 0 aliphatic heterocycles. The van der Waals surface area contributed by atoms with E-state index in [1.165, 1.54) is 12.3 Å². The Hall–Kier alpha value is -1.82. The maximum absolute atomic E-state index is 11.9. The number of hydrogen-bond donors (Lipinski definition) is 3. The van der Waals surface area contributed by atoms with Crippen LogP contribution in [0.4, 0.5) is 0 Å². The molecular formula is C14H22N2O4. The Bertz CT molecular complexity index is 417. The summed E-state index contributed by atoms with van der Waals surface area (Å²) in [5, 5.41) is 14.2. The number of furan rings is 1. The van der Waals surface area contributed by atoms with Crippen LogP contribution < -0.4 is 10.6 Å². The fourth-order valence-electron chi connectivity index (χ4n) is 1.77. The molecule has 1 rings (SSSR count). The molecule has 1 heterocycles. The Morgan fingerprint density at radius 3 is 2.75 bits per heavy atom. The normalized spacial score (nSPS) is 13.6. The van der Waals surface area contributed by atoms with Crippen molar-refractivity contribution < 1.29 is 19.1 Å².